The van der Waals surface area contributed by atoms with Crippen molar-refractivity contribution in [2.75, 3.05) is 11.9 Å². The summed E-state index contributed by atoms with van der Waals surface area (Å²) in [6, 6.07) is 4.45. The van der Waals surface area contributed by atoms with Gasteiger partial charge in [-0.05, 0) is 44.9 Å². The number of hydrogen-bond acceptors (Lipinski definition) is 7. The molecule has 0 spiro atoms. The Labute approximate surface area is 155 Å². The Morgan fingerprint density at radius 3 is 2.92 bits per heavy atom. The predicted molar refractivity (Wildman–Crippen MR) is 104 cm³/mol. The first-order valence-corrected chi connectivity index (χ1v) is 10.2. The molecule has 130 valence electrons. The highest BCUT2D eigenvalue weighted by Crippen LogP contribution is 2.35. The third-order valence-corrected chi connectivity index (χ3v) is 6.26. The van der Waals surface area contributed by atoms with Gasteiger partial charge in [0.15, 0.2) is 5.13 Å². The number of likely N-dealkylation sites (tertiary alicyclic amines) is 1. The Kier molecular flexibility index (Phi) is 4.78. The Hall–Kier alpha value is -1.83. The molecule has 0 radical (unpaired) electrons. The topological polar surface area (TPSA) is 53.9 Å². The van der Waals surface area contributed by atoms with Gasteiger partial charge in [0.2, 0.25) is 0 Å². The Morgan fingerprint density at radius 2 is 2.16 bits per heavy atom. The summed E-state index contributed by atoms with van der Waals surface area (Å²) in [5, 5.41) is 6.40. The van der Waals surface area contributed by atoms with Crippen molar-refractivity contribution in [3.8, 4) is 0 Å². The van der Waals surface area contributed by atoms with Crippen LogP contribution in [0, 0.1) is 13.8 Å². The molecular weight excluding hydrogens is 350 g/mol. The molecule has 0 bridgehead atoms. The van der Waals surface area contributed by atoms with E-state index in [0.717, 1.165) is 35.3 Å². The van der Waals surface area contributed by atoms with E-state index >= 15 is 0 Å². The van der Waals surface area contributed by atoms with Crippen molar-refractivity contribution in [2.24, 2.45) is 0 Å². The predicted octanol–water partition coefficient (Wildman–Crippen LogP) is 4.69. The largest absolute Gasteiger partial charge is 0.316 e. The molecule has 3 aromatic rings. The van der Waals surface area contributed by atoms with Crippen LogP contribution < -0.4 is 5.32 Å². The van der Waals surface area contributed by atoms with Crippen molar-refractivity contribution >= 4 is 33.6 Å². The molecule has 1 aliphatic heterocycles. The molecule has 3 aromatic heterocycles. The second-order valence-corrected chi connectivity index (χ2v) is 8.21. The molecule has 1 aliphatic rings. The molecule has 0 aliphatic carbocycles. The van der Waals surface area contributed by atoms with Crippen molar-refractivity contribution in [1.82, 2.24) is 19.9 Å². The number of anilines is 2. The summed E-state index contributed by atoms with van der Waals surface area (Å²) in [7, 11) is 0. The lowest BCUT2D eigenvalue weighted by Gasteiger charge is -2.22. The van der Waals surface area contributed by atoms with Crippen LogP contribution in [0.3, 0.4) is 0 Å². The molecule has 1 atom stereocenters. The van der Waals surface area contributed by atoms with E-state index in [0.29, 0.717) is 6.04 Å². The van der Waals surface area contributed by atoms with Crippen LogP contribution in [0.4, 0.5) is 10.9 Å². The van der Waals surface area contributed by atoms with Gasteiger partial charge in [-0.15, -0.1) is 22.7 Å². The van der Waals surface area contributed by atoms with Gasteiger partial charge in [-0.1, -0.05) is 6.07 Å². The quantitative estimate of drug-likeness (QED) is 0.705. The lowest BCUT2D eigenvalue weighted by molar-refractivity contribution is 0.247. The van der Waals surface area contributed by atoms with Crippen molar-refractivity contribution < 1.29 is 0 Å². The highest BCUT2D eigenvalue weighted by atomic mass is 32.1. The zero-order valence-corrected chi connectivity index (χ0v) is 16.0. The molecular formula is C18H21N5S2. The van der Waals surface area contributed by atoms with Gasteiger partial charge >= 0.3 is 0 Å². The van der Waals surface area contributed by atoms with Crippen LogP contribution in [0.25, 0.3) is 0 Å². The van der Waals surface area contributed by atoms with E-state index in [1.54, 1.807) is 22.7 Å². The van der Waals surface area contributed by atoms with E-state index in [4.69, 9.17) is 4.98 Å². The lowest BCUT2D eigenvalue weighted by atomic mass is 10.1. The highest BCUT2D eigenvalue weighted by Gasteiger charge is 2.28. The standard InChI is InChI=1S/C18H21N5S2/c1-12-5-6-17(19-8-12)22-18-21-14(10-24-18)15-4-3-7-23(15)9-16-13(2)20-11-25-16/h5-6,8,10-11,15H,3-4,7,9H2,1-2H3,(H,19,21,22)/t15-/m1/s1. The van der Waals surface area contributed by atoms with Gasteiger partial charge in [-0.25, -0.2) is 15.0 Å². The Morgan fingerprint density at radius 1 is 1.24 bits per heavy atom. The van der Waals surface area contributed by atoms with Crippen LogP contribution in [0.1, 0.15) is 40.7 Å². The van der Waals surface area contributed by atoms with Gasteiger partial charge in [0.25, 0.3) is 0 Å². The SMILES string of the molecule is Cc1ccc(Nc2nc([C@H]3CCCN3Cc3scnc3C)cs2)nc1. The molecule has 7 heteroatoms. The summed E-state index contributed by atoms with van der Waals surface area (Å²) in [6.07, 6.45) is 4.26. The Bertz CT molecular complexity index is 839. The molecule has 5 nitrogen and oxygen atoms in total. The lowest BCUT2D eigenvalue weighted by Crippen LogP contribution is -2.22. The summed E-state index contributed by atoms with van der Waals surface area (Å²) >= 11 is 3.40. The fraction of sp³-hybridized carbons (Fsp3) is 0.389. The fourth-order valence-electron chi connectivity index (χ4n) is 3.16. The van der Waals surface area contributed by atoms with E-state index in [1.165, 1.54) is 23.4 Å². The first kappa shape index (κ1) is 16.6. The second kappa shape index (κ2) is 7.19. The molecule has 25 heavy (non-hydrogen) atoms. The van der Waals surface area contributed by atoms with Gasteiger partial charge in [-0.3, -0.25) is 4.90 Å². The van der Waals surface area contributed by atoms with Crippen molar-refractivity contribution in [2.45, 2.75) is 39.3 Å². The average Bonchev–Trinajstić information content (AvgIpc) is 3.33. The number of nitrogens with zero attached hydrogens (tertiary/aromatic N) is 4. The maximum Gasteiger partial charge on any atom is 0.188 e. The first-order valence-electron chi connectivity index (χ1n) is 8.47. The summed E-state index contributed by atoms with van der Waals surface area (Å²) in [6.45, 7) is 6.23. The van der Waals surface area contributed by atoms with Crippen LogP contribution in [0.15, 0.2) is 29.2 Å². The van der Waals surface area contributed by atoms with E-state index in [2.05, 4.69) is 38.6 Å². The molecule has 1 saturated heterocycles. The van der Waals surface area contributed by atoms with Gasteiger partial charge in [0, 0.05) is 23.0 Å². The van der Waals surface area contributed by atoms with Gasteiger partial charge < -0.3 is 5.32 Å². The molecule has 0 unspecified atom stereocenters. The molecule has 1 fully saturated rings. The van der Waals surface area contributed by atoms with E-state index in [-0.39, 0.29) is 0 Å². The van der Waals surface area contributed by atoms with Crippen molar-refractivity contribution in [3.05, 3.63) is 51.0 Å². The van der Waals surface area contributed by atoms with Crippen LogP contribution in [-0.2, 0) is 6.54 Å². The van der Waals surface area contributed by atoms with Gasteiger partial charge in [0.05, 0.1) is 22.9 Å². The summed E-state index contributed by atoms with van der Waals surface area (Å²) < 4.78 is 0. The zero-order chi connectivity index (χ0) is 17.2. The molecule has 1 N–H and O–H groups in total. The number of thiazole rings is 2. The minimum absolute atomic E-state index is 0.402. The smallest absolute Gasteiger partial charge is 0.188 e. The number of pyridine rings is 1. The molecule has 0 saturated carbocycles. The summed E-state index contributed by atoms with van der Waals surface area (Å²) in [5.41, 5.74) is 5.42. The minimum atomic E-state index is 0.402. The average molecular weight is 372 g/mol. The Balaban J connectivity index is 1.47. The minimum Gasteiger partial charge on any atom is -0.316 e. The summed E-state index contributed by atoms with van der Waals surface area (Å²) in [5.74, 6) is 0.843. The number of nitrogens with one attached hydrogen (secondary N) is 1. The highest BCUT2D eigenvalue weighted by molar-refractivity contribution is 7.13. The third-order valence-electron chi connectivity index (χ3n) is 4.56. The van der Waals surface area contributed by atoms with Crippen molar-refractivity contribution in [3.63, 3.8) is 0 Å². The zero-order valence-electron chi connectivity index (χ0n) is 14.4. The third kappa shape index (κ3) is 3.73. The molecule has 4 rings (SSSR count). The number of aromatic nitrogens is 3. The first-order chi connectivity index (χ1) is 12.2. The second-order valence-electron chi connectivity index (χ2n) is 6.41. The summed E-state index contributed by atoms with van der Waals surface area (Å²) in [4.78, 5) is 17.5. The van der Waals surface area contributed by atoms with Gasteiger partial charge in [0.1, 0.15) is 5.82 Å². The fourth-order valence-corrected chi connectivity index (χ4v) is 4.73. The number of aryl methyl sites for hydroxylation is 2. The van der Waals surface area contributed by atoms with Crippen LogP contribution in [0.5, 0.6) is 0 Å². The van der Waals surface area contributed by atoms with E-state index in [1.807, 2.05) is 24.7 Å². The normalized spacial score (nSPS) is 17.9. The van der Waals surface area contributed by atoms with Crippen LogP contribution >= 0.6 is 22.7 Å². The number of hydrogen-bond donors (Lipinski definition) is 1. The molecule has 4 heterocycles. The molecule has 0 aromatic carbocycles. The maximum atomic E-state index is 4.83. The number of rotatable bonds is 5. The van der Waals surface area contributed by atoms with Crippen LogP contribution in [-0.4, -0.2) is 26.4 Å². The van der Waals surface area contributed by atoms with E-state index in [9.17, 15) is 0 Å². The van der Waals surface area contributed by atoms with Crippen molar-refractivity contribution in [1.29, 1.82) is 0 Å². The monoisotopic (exact) mass is 371 g/mol. The van der Waals surface area contributed by atoms with Gasteiger partial charge in [-0.2, -0.15) is 0 Å². The van der Waals surface area contributed by atoms with E-state index < -0.39 is 0 Å². The molecule has 0 amide bonds. The maximum absolute atomic E-state index is 4.83. The van der Waals surface area contributed by atoms with Crippen LogP contribution in [0.2, 0.25) is 0 Å².